The standard InChI is InChI=1S/C49H82O18P2/c1-3-5-7-9-11-13-15-17-18-19-20-21-23-25-27-29-31-35-43(53)65-39(38-64-69(61,62)67-49-46(56)44(54)45(55)48(47(49)57)66-68(58,59)60)37-63-42(52)36-32-34-41(51)40(50)33-30-28-26-24-22-16-14-12-10-8-6-4-2/h5,7,11-14,17-18,20-22,24,28,30,39-41,44-51,54-57H,3-4,6,8-10,15-16,19,23,25-27,29,31-38H2,1-2H3,(H,61,62)(H2,58,59,60)/b7-5-,13-11-,14-12-,18-17-,21-20-,24-22-,30-28-/t39-,40?,41?,44?,45?,46?,47?,48-,49+/m1/s1. The minimum Gasteiger partial charge on any atom is -0.462 e. The normalized spacial score (nSPS) is 22.8. The number of esters is 2. The van der Waals surface area contributed by atoms with Crippen LogP contribution in [0, 0.1) is 0 Å². The van der Waals surface area contributed by atoms with E-state index in [0.29, 0.717) is 19.3 Å². The zero-order valence-corrected chi connectivity index (χ0v) is 42.2. The van der Waals surface area contributed by atoms with E-state index in [1.165, 1.54) is 19.3 Å². The highest BCUT2D eigenvalue weighted by atomic mass is 31.2. The van der Waals surface area contributed by atoms with E-state index in [4.69, 9.17) is 18.5 Å². The maximum atomic E-state index is 13.0. The van der Waals surface area contributed by atoms with E-state index in [-0.39, 0.29) is 32.1 Å². The van der Waals surface area contributed by atoms with Gasteiger partial charge in [-0.25, -0.2) is 9.13 Å². The molecule has 7 unspecified atom stereocenters. The van der Waals surface area contributed by atoms with Crippen LogP contribution >= 0.6 is 15.6 Å². The molecule has 0 heterocycles. The second-order valence-corrected chi connectivity index (χ2v) is 19.3. The van der Waals surface area contributed by atoms with Crippen LogP contribution in [-0.2, 0) is 41.8 Å². The molecular formula is C49H82O18P2. The molecule has 396 valence electrons. The number of phosphoric ester groups is 2. The first-order chi connectivity index (χ1) is 32.9. The van der Waals surface area contributed by atoms with Gasteiger partial charge in [0.1, 0.15) is 43.2 Å². The second-order valence-electron chi connectivity index (χ2n) is 16.8. The number of carbonyl (C=O) groups excluding carboxylic acids is 2. The van der Waals surface area contributed by atoms with Gasteiger partial charge in [-0.2, -0.15) is 0 Å². The van der Waals surface area contributed by atoms with Crippen molar-refractivity contribution in [1.29, 1.82) is 0 Å². The van der Waals surface area contributed by atoms with Crippen LogP contribution in [0.3, 0.4) is 0 Å². The lowest BCUT2D eigenvalue weighted by Crippen LogP contribution is -2.64. The lowest BCUT2D eigenvalue weighted by atomic mass is 9.85. The Morgan fingerprint density at radius 1 is 0.536 bits per heavy atom. The van der Waals surface area contributed by atoms with Crippen molar-refractivity contribution in [3.63, 3.8) is 0 Å². The Morgan fingerprint density at radius 2 is 1.03 bits per heavy atom. The minimum absolute atomic E-state index is 0.0493. The van der Waals surface area contributed by atoms with Crippen LogP contribution in [0.1, 0.15) is 142 Å². The topological polar surface area (TPSA) is 296 Å². The average molecular weight is 1020 g/mol. The van der Waals surface area contributed by atoms with Crippen LogP contribution in [0.25, 0.3) is 0 Å². The van der Waals surface area contributed by atoms with E-state index in [1.807, 2.05) is 12.2 Å². The van der Waals surface area contributed by atoms with Crippen LogP contribution in [-0.4, -0.2) is 125 Å². The number of rotatable bonds is 39. The summed E-state index contributed by atoms with van der Waals surface area (Å²) in [7, 11) is -10.8. The van der Waals surface area contributed by atoms with E-state index < -0.39 is 95.7 Å². The molecule has 0 saturated heterocycles. The molecular weight excluding hydrogens is 938 g/mol. The van der Waals surface area contributed by atoms with Gasteiger partial charge in [-0.15, -0.1) is 0 Å². The summed E-state index contributed by atoms with van der Waals surface area (Å²) in [5.74, 6) is -1.53. The van der Waals surface area contributed by atoms with Crippen LogP contribution in [0.5, 0.6) is 0 Å². The SMILES string of the molecule is CC/C=C\C/C=C\C/C=C\C/C=C\CCCCCCC(=O)O[C@H](COC(=O)CCCC(O)C(O)C/C=C\C/C=C\C/C=C\CCCCC)COP(=O)(O)O[C@H]1C(O)C(O)C(O)[C@@H](OP(=O)(O)O)C1O. The molecule has 1 saturated carbocycles. The molecule has 0 radical (unpaired) electrons. The Bertz CT molecular complexity index is 1690. The molecule has 1 aliphatic rings. The largest absolute Gasteiger partial charge is 0.472 e. The molecule has 0 aromatic heterocycles. The molecule has 10 atom stereocenters. The lowest BCUT2D eigenvalue weighted by Gasteiger charge is -2.43. The van der Waals surface area contributed by atoms with E-state index in [2.05, 4.69) is 85.2 Å². The van der Waals surface area contributed by atoms with E-state index in [9.17, 15) is 64.0 Å². The number of hydrogen-bond acceptors (Lipinski definition) is 15. The molecule has 20 heteroatoms. The first-order valence-corrected chi connectivity index (χ1v) is 27.3. The number of unbranched alkanes of at least 4 members (excludes halogenated alkanes) is 7. The number of allylic oxidation sites excluding steroid dienone is 13. The molecule has 69 heavy (non-hydrogen) atoms. The van der Waals surface area contributed by atoms with Crippen molar-refractivity contribution in [3.05, 3.63) is 85.1 Å². The van der Waals surface area contributed by atoms with Gasteiger partial charge < -0.3 is 54.8 Å². The number of carbonyl (C=O) groups is 2. The summed E-state index contributed by atoms with van der Waals surface area (Å²) in [4.78, 5) is 54.4. The Labute approximate surface area is 409 Å². The van der Waals surface area contributed by atoms with Crippen molar-refractivity contribution < 1.29 is 87.1 Å². The highest BCUT2D eigenvalue weighted by molar-refractivity contribution is 7.47. The molecule has 1 aliphatic carbocycles. The molecule has 0 bridgehead atoms. The van der Waals surface area contributed by atoms with Crippen molar-refractivity contribution >= 4 is 27.6 Å². The molecule has 0 aromatic rings. The zero-order valence-electron chi connectivity index (χ0n) is 40.4. The van der Waals surface area contributed by atoms with Crippen LogP contribution in [0.4, 0.5) is 0 Å². The zero-order chi connectivity index (χ0) is 51.3. The Kier molecular flexibility index (Phi) is 36.0. The van der Waals surface area contributed by atoms with Crippen molar-refractivity contribution in [2.75, 3.05) is 13.2 Å². The third-order valence-corrected chi connectivity index (χ3v) is 12.2. The predicted octanol–water partition coefficient (Wildman–Crippen LogP) is 7.34. The fraction of sp³-hybridized carbons (Fsp3) is 0.673. The van der Waals surface area contributed by atoms with Crippen molar-refractivity contribution in [3.8, 4) is 0 Å². The average Bonchev–Trinajstić information content (AvgIpc) is 3.30. The molecule has 1 rings (SSSR count). The maximum absolute atomic E-state index is 13.0. The summed E-state index contributed by atoms with van der Waals surface area (Å²) in [5, 5.41) is 62.1. The summed E-state index contributed by atoms with van der Waals surface area (Å²) in [6.07, 6.45) is 25.4. The number of phosphoric acid groups is 2. The van der Waals surface area contributed by atoms with Gasteiger partial charge in [0.05, 0.1) is 18.8 Å². The van der Waals surface area contributed by atoms with Gasteiger partial charge in [0.2, 0.25) is 0 Å². The number of aliphatic hydroxyl groups is 6. The van der Waals surface area contributed by atoms with Gasteiger partial charge in [-0.3, -0.25) is 23.2 Å². The van der Waals surface area contributed by atoms with Gasteiger partial charge in [0.25, 0.3) is 0 Å². The van der Waals surface area contributed by atoms with Gasteiger partial charge in [0, 0.05) is 12.8 Å². The fourth-order valence-electron chi connectivity index (χ4n) is 6.77. The highest BCUT2D eigenvalue weighted by Gasteiger charge is 2.54. The first kappa shape index (κ1) is 64.1. The summed E-state index contributed by atoms with van der Waals surface area (Å²) in [5.41, 5.74) is 0. The third kappa shape index (κ3) is 32.7. The van der Waals surface area contributed by atoms with Crippen molar-refractivity contribution in [1.82, 2.24) is 0 Å². The maximum Gasteiger partial charge on any atom is 0.472 e. The van der Waals surface area contributed by atoms with Crippen LogP contribution < -0.4 is 0 Å². The van der Waals surface area contributed by atoms with Crippen LogP contribution in [0.2, 0.25) is 0 Å². The van der Waals surface area contributed by atoms with E-state index in [0.717, 1.165) is 57.8 Å². The molecule has 0 aliphatic heterocycles. The monoisotopic (exact) mass is 1020 g/mol. The lowest BCUT2D eigenvalue weighted by molar-refractivity contribution is -0.216. The highest BCUT2D eigenvalue weighted by Crippen LogP contribution is 2.49. The fourth-order valence-corrected chi connectivity index (χ4v) is 8.30. The molecule has 9 N–H and O–H groups in total. The summed E-state index contributed by atoms with van der Waals surface area (Å²) in [6, 6.07) is 0. The van der Waals surface area contributed by atoms with Gasteiger partial charge in [0.15, 0.2) is 6.10 Å². The number of ether oxygens (including phenoxy) is 2. The molecule has 0 aromatic carbocycles. The Hall–Kier alpha value is -2.90. The molecule has 0 spiro atoms. The summed E-state index contributed by atoms with van der Waals surface area (Å²) < 4.78 is 49.2. The molecule has 18 nitrogen and oxygen atoms in total. The van der Waals surface area contributed by atoms with Crippen molar-refractivity contribution in [2.24, 2.45) is 0 Å². The van der Waals surface area contributed by atoms with E-state index >= 15 is 0 Å². The summed E-state index contributed by atoms with van der Waals surface area (Å²) >= 11 is 0. The summed E-state index contributed by atoms with van der Waals surface area (Å²) in [6.45, 7) is 2.69. The van der Waals surface area contributed by atoms with Gasteiger partial charge >= 0.3 is 27.6 Å². The Balaban J connectivity index is 2.71. The number of hydrogen-bond donors (Lipinski definition) is 9. The third-order valence-electron chi connectivity index (χ3n) is 10.7. The van der Waals surface area contributed by atoms with Crippen LogP contribution in [0.15, 0.2) is 85.1 Å². The molecule has 1 fully saturated rings. The van der Waals surface area contributed by atoms with Gasteiger partial charge in [-0.05, 0) is 89.9 Å². The van der Waals surface area contributed by atoms with Gasteiger partial charge in [-0.1, -0.05) is 125 Å². The molecule has 0 amide bonds. The smallest absolute Gasteiger partial charge is 0.462 e. The van der Waals surface area contributed by atoms with E-state index in [1.54, 1.807) is 6.08 Å². The van der Waals surface area contributed by atoms with Crippen molar-refractivity contribution in [2.45, 2.75) is 197 Å². The quantitative estimate of drug-likeness (QED) is 0.0126. The minimum atomic E-state index is -5.40. The predicted molar refractivity (Wildman–Crippen MR) is 262 cm³/mol. The number of aliphatic hydroxyl groups excluding tert-OH is 6. The second kappa shape index (κ2) is 38.7. The first-order valence-electron chi connectivity index (χ1n) is 24.3. The Morgan fingerprint density at radius 3 is 1.58 bits per heavy atom.